The van der Waals surface area contributed by atoms with Gasteiger partial charge in [-0.25, -0.2) is 9.18 Å². The Hall–Kier alpha value is -3.39. The Balaban J connectivity index is 1.80. The molecule has 0 aliphatic carbocycles. The topological polar surface area (TPSA) is 75.7 Å². The van der Waals surface area contributed by atoms with Crippen LogP contribution in [0.1, 0.15) is 37.0 Å². The van der Waals surface area contributed by atoms with E-state index in [-0.39, 0.29) is 29.3 Å². The average Bonchev–Trinajstić information content (AvgIpc) is 2.79. The molecule has 6 nitrogen and oxygen atoms in total. The van der Waals surface area contributed by atoms with Crippen LogP contribution >= 0.6 is 0 Å². The lowest BCUT2D eigenvalue weighted by Gasteiger charge is -2.29. The van der Waals surface area contributed by atoms with Crippen LogP contribution in [0.4, 0.5) is 14.9 Å². The lowest BCUT2D eigenvalue weighted by molar-refractivity contribution is 0.187. The summed E-state index contributed by atoms with van der Waals surface area (Å²) < 4.78 is 43.5. The number of benzene rings is 3. The van der Waals surface area contributed by atoms with E-state index in [9.17, 15) is 17.6 Å². The van der Waals surface area contributed by atoms with Crippen LogP contribution in [-0.2, 0) is 16.7 Å². The Bertz CT molecular complexity index is 1240. The fourth-order valence-electron chi connectivity index (χ4n) is 3.51. The zero-order valence-electron chi connectivity index (χ0n) is 19.7. The predicted octanol–water partition coefficient (Wildman–Crippen LogP) is 6.04. The number of anilines is 1. The van der Waals surface area contributed by atoms with Gasteiger partial charge < -0.3 is 14.4 Å². The van der Waals surface area contributed by atoms with E-state index in [4.69, 9.17) is 4.18 Å². The summed E-state index contributed by atoms with van der Waals surface area (Å²) in [6, 6.07) is 16.5. The summed E-state index contributed by atoms with van der Waals surface area (Å²) in [5.74, 6) is -0.425. The Morgan fingerprint density at radius 1 is 1.03 bits per heavy atom. The second-order valence-electron chi connectivity index (χ2n) is 8.22. The predicted molar refractivity (Wildman–Crippen MR) is 131 cm³/mol. The SMILES string of the molecule is CCC(C)N(Cc1cccc(OS(=O)(=O)c2ccc(F)cc2)c1)C(=O)Nc1c(C)cccc1C. The van der Waals surface area contributed by atoms with E-state index in [0.29, 0.717) is 5.56 Å². The molecule has 3 aromatic rings. The molecule has 0 radical (unpaired) electrons. The summed E-state index contributed by atoms with van der Waals surface area (Å²) in [6.45, 7) is 8.11. The lowest BCUT2D eigenvalue weighted by atomic mass is 10.1. The van der Waals surface area contributed by atoms with Crippen LogP contribution in [0.25, 0.3) is 0 Å². The molecule has 3 aromatic carbocycles. The van der Waals surface area contributed by atoms with Crippen molar-refractivity contribution in [3.05, 3.63) is 89.2 Å². The molecular formula is C26H29FN2O4S. The first-order valence-corrected chi connectivity index (χ1v) is 12.4. The van der Waals surface area contributed by atoms with Crippen LogP contribution in [-0.4, -0.2) is 25.4 Å². The molecule has 180 valence electrons. The van der Waals surface area contributed by atoms with Crippen LogP contribution in [0.2, 0.25) is 0 Å². The molecule has 0 aliphatic heterocycles. The Morgan fingerprint density at radius 2 is 1.65 bits per heavy atom. The van der Waals surface area contributed by atoms with Gasteiger partial charge in [-0.05, 0) is 80.3 Å². The van der Waals surface area contributed by atoms with Crippen molar-refractivity contribution in [3.8, 4) is 5.75 Å². The molecule has 0 fully saturated rings. The van der Waals surface area contributed by atoms with Gasteiger partial charge in [-0.2, -0.15) is 8.42 Å². The molecule has 0 saturated heterocycles. The van der Waals surface area contributed by atoms with Gasteiger partial charge in [0.05, 0.1) is 0 Å². The number of nitrogens with zero attached hydrogens (tertiary/aromatic N) is 1. The number of rotatable bonds is 8. The highest BCUT2D eigenvalue weighted by molar-refractivity contribution is 7.87. The summed E-state index contributed by atoms with van der Waals surface area (Å²) in [5, 5.41) is 3.02. The maximum Gasteiger partial charge on any atom is 0.339 e. The van der Waals surface area contributed by atoms with E-state index in [0.717, 1.165) is 47.5 Å². The van der Waals surface area contributed by atoms with Crippen molar-refractivity contribution >= 4 is 21.8 Å². The molecule has 1 atom stereocenters. The Morgan fingerprint density at radius 3 is 2.26 bits per heavy atom. The number of aryl methyl sites for hydroxylation is 2. The minimum absolute atomic E-state index is 0.0585. The number of amides is 2. The minimum Gasteiger partial charge on any atom is -0.379 e. The van der Waals surface area contributed by atoms with Crippen LogP contribution in [0.5, 0.6) is 5.75 Å². The maximum absolute atomic E-state index is 13.2. The number of nitrogens with one attached hydrogen (secondary N) is 1. The fourth-order valence-corrected chi connectivity index (χ4v) is 4.43. The van der Waals surface area contributed by atoms with Gasteiger partial charge in [-0.15, -0.1) is 0 Å². The monoisotopic (exact) mass is 484 g/mol. The first kappa shape index (κ1) is 25.2. The Kier molecular flexibility index (Phi) is 7.94. The van der Waals surface area contributed by atoms with Gasteiger partial charge in [0.1, 0.15) is 16.5 Å². The molecule has 2 amide bonds. The highest BCUT2D eigenvalue weighted by Gasteiger charge is 2.22. The van der Waals surface area contributed by atoms with Gasteiger partial charge in [0, 0.05) is 18.3 Å². The van der Waals surface area contributed by atoms with E-state index in [1.54, 1.807) is 23.1 Å². The van der Waals surface area contributed by atoms with Crippen molar-refractivity contribution in [2.45, 2.75) is 51.6 Å². The number of para-hydroxylation sites is 1. The standard InChI is InChI=1S/C26H29FN2O4S/c1-5-20(4)29(26(30)28-25-18(2)8-6-9-19(25)3)17-21-10-7-11-23(16-21)33-34(31,32)24-14-12-22(27)13-15-24/h6-16,20H,5,17H2,1-4H3,(H,28,30). The third kappa shape index (κ3) is 6.14. The zero-order valence-corrected chi connectivity index (χ0v) is 20.5. The third-order valence-electron chi connectivity index (χ3n) is 5.66. The van der Waals surface area contributed by atoms with Crippen LogP contribution in [0.15, 0.2) is 71.6 Å². The van der Waals surface area contributed by atoms with Crippen molar-refractivity contribution in [1.82, 2.24) is 4.90 Å². The third-order valence-corrected chi connectivity index (χ3v) is 6.92. The molecule has 0 spiro atoms. The van der Waals surface area contributed by atoms with Crippen LogP contribution < -0.4 is 9.50 Å². The second-order valence-corrected chi connectivity index (χ2v) is 9.77. The van der Waals surface area contributed by atoms with Crippen LogP contribution in [0.3, 0.4) is 0 Å². The molecule has 1 N–H and O–H groups in total. The summed E-state index contributed by atoms with van der Waals surface area (Å²) in [7, 11) is -4.12. The van der Waals surface area contributed by atoms with Crippen molar-refractivity contribution < 1.29 is 21.8 Å². The minimum atomic E-state index is -4.12. The zero-order chi connectivity index (χ0) is 24.9. The van der Waals surface area contributed by atoms with E-state index in [1.807, 2.05) is 45.9 Å². The largest absolute Gasteiger partial charge is 0.379 e. The molecular weight excluding hydrogens is 455 g/mol. The molecule has 8 heteroatoms. The van der Waals surface area contributed by atoms with E-state index >= 15 is 0 Å². The van der Waals surface area contributed by atoms with E-state index in [2.05, 4.69) is 5.32 Å². The molecule has 0 bridgehead atoms. The molecule has 34 heavy (non-hydrogen) atoms. The smallest absolute Gasteiger partial charge is 0.339 e. The summed E-state index contributed by atoms with van der Waals surface area (Å²) in [6.07, 6.45) is 0.745. The second kappa shape index (κ2) is 10.7. The molecule has 0 saturated carbocycles. The lowest BCUT2D eigenvalue weighted by Crippen LogP contribution is -2.40. The summed E-state index contributed by atoms with van der Waals surface area (Å²) in [5.41, 5.74) is 3.43. The fraction of sp³-hybridized carbons (Fsp3) is 0.269. The van der Waals surface area contributed by atoms with Crippen molar-refractivity contribution in [3.63, 3.8) is 0 Å². The van der Waals surface area contributed by atoms with Gasteiger partial charge in [0.2, 0.25) is 0 Å². The average molecular weight is 485 g/mol. The van der Waals surface area contributed by atoms with Gasteiger partial charge in [0.25, 0.3) is 0 Å². The molecule has 0 aliphatic rings. The molecule has 1 unspecified atom stereocenters. The maximum atomic E-state index is 13.2. The van der Waals surface area contributed by atoms with Gasteiger partial charge >= 0.3 is 16.1 Å². The van der Waals surface area contributed by atoms with E-state index < -0.39 is 15.9 Å². The number of urea groups is 1. The molecule has 0 heterocycles. The number of carbonyl (C=O) groups excluding carboxylic acids is 1. The quantitative estimate of drug-likeness (QED) is 0.395. The van der Waals surface area contributed by atoms with Gasteiger partial charge in [-0.3, -0.25) is 0 Å². The highest BCUT2D eigenvalue weighted by Crippen LogP contribution is 2.24. The number of hydrogen-bond acceptors (Lipinski definition) is 4. The molecule has 0 aromatic heterocycles. The van der Waals surface area contributed by atoms with Gasteiger partial charge in [-0.1, -0.05) is 37.3 Å². The summed E-state index contributed by atoms with van der Waals surface area (Å²) >= 11 is 0. The number of hydrogen-bond donors (Lipinski definition) is 1. The van der Waals surface area contributed by atoms with Gasteiger partial charge in [0.15, 0.2) is 0 Å². The van der Waals surface area contributed by atoms with Crippen molar-refractivity contribution in [2.75, 3.05) is 5.32 Å². The summed E-state index contributed by atoms with van der Waals surface area (Å²) in [4.78, 5) is 14.8. The normalized spacial score (nSPS) is 12.1. The highest BCUT2D eigenvalue weighted by atomic mass is 32.2. The number of carbonyl (C=O) groups is 1. The van der Waals surface area contributed by atoms with Crippen LogP contribution in [0, 0.1) is 19.7 Å². The number of halogens is 1. The Labute approximate surface area is 200 Å². The first-order chi connectivity index (χ1) is 16.1. The van der Waals surface area contributed by atoms with Crippen molar-refractivity contribution in [2.24, 2.45) is 0 Å². The van der Waals surface area contributed by atoms with Crippen molar-refractivity contribution in [1.29, 1.82) is 0 Å². The molecule has 3 rings (SSSR count). The van der Waals surface area contributed by atoms with E-state index in [1.165, 1.54) is 6.07 Å². The first-order valence-electron chi connectivity index (χ1n) is 11.0.